The molecule has 0 saturated heterocycles. The Labute approximate surface area is 105 Å². The first-order valence-electron chi connectivity index (χ1n) is 6.30. The minimum absolute atomic E-state index is 0.0416. The van der Waals surface area contributed by atoms with Gasteiger partial charge in [0.2, 0.25) is 0 Å². The molecule has 0 aromatic heterocycles. The van der Waals surface area contributed by atoms with E-state index in [4.69, 9.17) is 4.74 Å². The Hall–Kier alpha value is -1.19. The standard InChI is InChI=1S/C14H17F3O/c1-3-13(4-2)9-8-10-6-5-7-11(12(10)18-13)14(15,16)17/h5-7H,3-4,8-9H2,1-2H3. The van der Waals surface area contributed by atoms with Crippen molar-refractivity contribution in [2.45, 2.75) is 51.3 Å². The van der Waals surface area contributed by atoms with Gasteiger partial charge in [-0.1, -0.05) is 26.0 Å². The van der Waals surface area contributed by atoms with E-state index in [0.29, 0.717) is 12.0 Å². The van der Waals surface area contributed by atoms with Crippen LogP contribution in [0.3, 0.4) is 0 Å². The van der Waals surface area contributed by atoms with Crippen molar-refractivity contribution in [1.29, 1.82) is 0 Å². The number of hydrogen-bond acceptors (Lipinski definition) is 1. The molecule has 100 valence electrons. The fraction of sp³-hybridized carbons (Fsp3) is 0.571. The van der Waals surface area contributed by atoms with Gasteiger partial charge in [-0.25, -0.2) is 0 Å². The van der Waals surface area contributed by atoms with Crippen LogP contribution < -0.4 is 4.74 Å². The van der Waals surface area contributed by atoms with Crippen LogP contribution in [-0.2, 0) is 12.6 Å². The molecule has 1 aliphatic heterocycles. The lowest BCUT2D eigenvalue weighted by molar-refractivity contribution is -0.140. The Balaban J connectivity index is 2.47. The van der Waals surface area contributed by atoms with Crippen LogP contribution in [0.25, 0.3) is 0 Å². The largest absolute Gasteiger partial charge is 0.486 e. The summed E-state index contributed by atoms with van der Waals surface area (Å²) >= 11 is 0. The lowest BCUT2D eigenvalue weighted by atomic mass is 9.86. The molecule has 18 heavy (non-hydrogen) atoms. The van der Waals surface area contributed by atoms with Crippen molar-refractivity contribution in [2.75, 3.05) is 0 Å². The maximum absolute atomic E-state index is 13.0. The van der Waals surface area contributed by atoms with E-state index in [1.165, 1.54) is 6.07 Å². The average molecular weight is 258 g/mol. The number of aryl methyl sites for hydroxylation is 1. The first-order chi connectivity index (χ1) is 8.42. The van der Waals surface area contributed by atoms with Crippen LogP contribution in [0, 0.1) is 0 Å². The normalized spacial score (nSPS) is 18.1. The number of halogens is 3. The molecular weight excluding hydrogens is 241 g/mol. The van der Waals surface area contributed by atoms with E-state index in [0.717, 1.165) is 25.3 Å². The van der Waals surface area contributed by atoms with Crippen molar-refractivity contribution in [3.05, 3.63) is 29.3 Å². The highest BCUT2D eigenvalue weighted by Crippen LogP contribution is 2.44. The Morgan fingerprint density at radius 3 is 2.44 bits per heavy atom. The zero-order valence-corrected chi connectivity index (χ0v) is 10.6. The van der Waals surface area contributed by atoms with E-state index >= 15 is 0 Å². The highest BCUT2D eigenvalue weighted by atomic mass is 19.4. The lowest BCUT2D eigenvalue weighted by Crippen LogP contribution is -2.39. The number of para-hydroxylation sites is 1. The monoisotopic (exact) mass is 258 g/mol. The van der Waals surface area contributed by atoms with E-state index in [2.05, 4.69) is 0 Å². The molecular formula is C14H17F3O. The molecule has 0 N–H and O–H groups in total. The molecule has 4 heteroatoms. The molecule has 0 fully saturated rings. The number of rotatable bonds is 2. The van der Waals surface area contributed by atoms with Crippen molar-refractivity contribution in [1.82, 2.24) is 0 Å². The zero-order chi connectivity index (χ0) is 13.4. The zero-order valence-electron chi connectivity index (χ0n) is 10.6. The van der Waals surface area contributed by atoms with Crippen LogP contribution in [0.4, 0.5) is 13.2 Å². The summed E-state index contributed by atoms with van der Waals surface area (Å²) in [4.78, 5) is 0. The maximum Gasteiger partial charge on any atom is 0.419 e. The summed E-state index contributed by atoms with van der Waals surface area (Å²) in [6, 6.07) is 4.27. The quantitative estimate of drug-likeness (QED) is 0.754. The van der Waals surface area contributed by atoms with Crippen molar-refractivity contribution >= 4 is 0 Å². The molecule has 0 amide bonds. The summed E-state index contributed by atoms with van der Waals surface area (Å²) in [5, 5.41) is 0. The first-order valence-corrected chi connectivity index (χ1v) is 6.30. The molecule has 1 aliphatic rings. The third kappa shape index (κ3) is 2.20. The first kappa shape index (κ1) is 13.2. The third-order valence-electron chi connectivity index (χ3n) is 3.86. The number of hydrogen-bond donors (Lipinski definition) is 0. The molecule has 2 rings (SSSR count). The van der Waals surface area contributed by atoms with Crippen LogP contribution in [0.2, 0.25) is 0 Å². The molecule has 0 unspecified atom stereocenters. The number of fused-ring (bicyclic) bond motifs is 1. The summed E-state index contributed by atoms with van der Waals surface area (Å²) in [5.41, 5.74) is -0.415. The molecule has 0 saturated carbocycles. The molecule has 1 nitrogen and oxygen atoms in total. The van der Waals surface area contributed by atoms with Gasteiger partial charge in [-0.3, -0.25) is 0 Å². The van der Waals surface area contributed by atoms with Crippen molar-refractivity contribution < 1.29 is 17.9 Å². The van der Waals surface area contributed by atoms with Crippen molar-refractivity contribution in [2.24, 2.45) is 0 Å². The second-order valence-electron chi connectivity index (χ2n) is 4.78. The smallest absolute Gasteiger partial charge is 0.419 e. The van der Waals surface area contributed by atoms with Gasteiger partial charge in [0.05, 0.1) is 5.56 Å². The molecule has 1 heterocycles. The lowest BCUT2D eigenvalue weighted by Gasteiger charge is -2.38. The minimum Gasteiger partial charge on any atom is -0.486 e. The highest BCUT2D eigenvalue weighted by molar-refractivity contribution is 5.45. The van der Waals surface area contributed by atoms with Gasteiger partial charge in [0.25, 0.3) is 0 Å². The Morgan fingerprint density at radius 1 is 1.22 bits per heavy atom. The van der Waals surface area contributed by atoms with Crippen molar-refractivity contribution in [3.8, 4) is 5.75 Å². The number of ether oxygens (including phenoxy) is 1. The van der Waals surface area contributed by atoms with Crippen LogP contribution in [0.15, 0.2) is 18.2 Å². The van der Waals surface area contributed by atoms with Gasteiger partial charge in [-0.05, 0) is 37.3 Å². The molecule has 0 aliphatic carbocycles. The van der Waals surface area contributed by atoms with Crippen LogP contribution in [-0.4, -0.2) is 5.60 Å². The number of benzene rings is 1. The molecule has 1 aromatic carbocycles. The molecule has 0 atom stereocenters. The second-order valence-corrected chi connectivity index (χ2v) is 4.78. The minimum atomic E-state index is -4.35. The summed E-state index contributed by atoms with van der Waals surface area (Å²) < 4.78 is 44.6. The molecule has 0 spiro atoms. The molecule has 1 aromatic rings. The van der Waals surface area contributed by atoms with Gasteiger partial charge < -0.3 is 4.74 Å². The second kappa shape index (κ2) is 4.48. The van der Waals surface area contributed by atoms with E-state index in [1.54, 1.807) is 6.07 Å². The average Bonchev–Trinajstić information content (AvgIpc) is 2.36. The summed E-state index contributed by atoms with van der Waals surface area (Å²) in [6.45, 7) is 3.93. The predicted molar refractivity (Wildman–Crippen MR) is 63.7 cm³/mol. The Bertz CT molecular complexity index is 433. The third-order valence-corrected chi connectivity index (χ3v) is 3.86. The summed E-state index contributed by atoms with van der Waals surface area (Å²) in [7, 11) is 0. The summed E-state index contributed by atoms with van der Waals surface area (Å²) in [5.74, 6) is 0.0416. The van der Waals surface area contributed by atoms with Gasteiger partial charge in [-0.15, -0.1) is 0 Å². The van der Waals surface area contributed by atoms with Gasteiger partial charge in [0.15, 0.2) is 0 Å². The van der Waals surface area contributed by atoms with Crippen LogP contribution in [0.5, 0.6) is 5.75 Å². The van der Waals surface area contributed by atoms with E-state index in [-0.39, 0.29) is 5.75 Å². The molecule has 0 radical (unpaired) electrons. The van der Waals surface area contributed by atoms with E-state index in [9.17, 15) is 13.2 Å². The predicted octanol–water partition coefficient (Wildman–Crippen LogP) is 4.59. The highest BCUT2D eigenvalue weighted by Gasteiger charge is 2.40. The van der Waals surface area contributed by atoms with Crippen LogP contribution >= 0.6 is 0 Å². The fourth-order valence-corrected chi connectivity index (χ4v) is 2.50. The Kier molecular flexibility index (Phi) is 3.30. The van der Waals surface area contributed by atoms with Gasteiger partial charge in [0.1, 0.15) is 11.4 Å². The fourth-order valence-electron chi connectivity index (χ4n) is 2.50. The van der Waals surface area contributed by atoms with Crippen molar-refractivity contribution in [3.63, 3.8) is 0 Å². The molecule has 0 bridgehead atoms. The van der Waals surface area contributed by atoms with Gasteiger partial charge in [0, 0.05) is 0 Å². The van der Waals surface area contributed by atoms with E-state index in [1.807, 2.05) is 13.8 Å². The Morgan fingerprint density at radius 2 is 1.89 bits per heavy atom. The van der Waals surface area contributed by atoms with Gasteiger partial charge >= 0.3 is 6.18 Å². The van der Waals surface area contributed by atoms with Crippen LogP contribution in [0.1, 0.15) is 44.2 Å². The van der Waals surface area contributed by atoms with Gasteiger partial charge in [-0.2, -0.15) is 13.2 Å². The maximum atomic E-state index is 13.0. The van der Waals surface area contributed by atoms with E-state index < -0.39 is 17.3 Å². The summed E-state index contributed by atoms with van der Waals surface area (Å²) in [6.07, 6.45) is -1.45. The topological polar surface area (TPSA) is 9.23 Å². The SMILES string of the molecule is CCC1(CC)CCc2cccc(C(F)(F)F)c2O1. The number of alkyl halides is 3.